The van der Waals surface area contributed by atoms with E-state index in [9.17, 15) is 9.59 Å². The Kier molecular flexibility index (Phi) is 7.92. The highest BCUT2D eigenvalue weighted by molar-refractivity contribution is 5.99. The molecular formula is C31H34N4O3. The molecule has 196 valence electrons. The van der Waals surface area contributed by atoms with Gasteiger partial charge in [0.25, 0.3) is 0 Å². The number of para-hydroxylation sites is 1. The van der Waals surface area contributed by atoms with Crippen molar-refractivity contribution in [3.05, 3.63) is 90.8 Å². The van der Waals surface area contributed by atoms with E-state index in [4.69, 9.17) is 4.74 Å². The van der Waals surface area contributed by atoms with Gasteiger partial charge >= 0.3 is 6.03 Å². The van der Waals surface area contributed by atoms with Crippen LogP contribution in [0.15, 0.2) is 90.8 Å². The van der Waals surface area contributed by atoms with E-state index in [2.05, 4.69) is 21.7 Å². The number of nitrogens with zero attached hydrogens (tertiary/aromatic N) is 2. The number of urea groups is 1. The van der Waals surface area contributed by atoms with E-state index in [1.54, 1.807) is 12.1 Å². The highest BCUT2D eigenvalue weighted by atomic mass is 16.5. The number of carbonyl (C=O) groups is 2. The Balaban J connectivity index is 1.12. The lowest BCUT2D eigenvalue weighted by molar-refractivity contribution is -0.133. The van der Waals surface area contributed by atoms with E-state index in [1.165, 1.54) is 6.42 Å². The molecule has 0 aromatic heterocycles. The van der Waals surface area contributed by atoms with E-state index in [0.29, 0.717) is 17.1 Å². The molecule has 0 spiro atoms. The largest absolute Gasteiger partial charge is 0.457 e. The third-order valence-corrected chi connectivity index (χ3v) is 7.18. The summed E-state index contributed by atoms with van der Waals surface area (Å²) in [7, 11) is 1.90. The topological polar surface area (TPSA) is 73.9 Å². The van der Waals surface area contributed by atoms with Gasteiger partial charge < -0.3 is 25.2 Å². The highest BCUT2D eigenvalue weighted by Gasteiger charge is 2.27. The fourth-order valence-corrected chi connectivity index (χ4v) is 5.03. The Morgan fingerprint density at radius 1 is 0.816 bits per heavy atom. The molecule has 2 N–H and O–H groups in total. The number of carbonyl (C=O) groups excluding carboxylic acids is 2. The third kappa shape index (κ3) is 6.35. The third-order valence-electron chi connectivity index (χ3n) is 7.18. The van der Waals surface area contributed by atoms with E-state index >= 15 is 0 Å². The van der Waals surface area contributed by atoms with Gasteiger partial charge in [0, 0.05) is 54.9 Å². The molecule has 1 heterocycles. The number of ether oxygens (including phenoxy) is 1. The first-order chi connectivity index (χ1) is 18.5. The summed E-state index contributed by atoms with van der Waals surface area (Å²) in [4.78, 5) is 29.4. The summed E-state index contributed by atoms with van der Waals surface area (Å²) < 4.78 is 5.79. The molecule has 2 aliphatic rings. The second-order valence-electron chi connectivity index (χ2n) is 9.86. The molecule has 3 aromatic rings. The minimum atomic E-state index is -0.319. The number of benzene rings is 3. The van der Waals surface area contributed by atoms with E-state index in [0.717, 1.165) is 55.8 Å². The summed E-state index contributed by atoms with van der Waals surface area (Å²) in [6.45, 7) is 0.828. The van der Waals surface area contributed by atoms with Crippen molar-refractivity contribution in [3.8, 4) is 11.5 Å². The lowest BCUT2D eigenvalue weighted by Crippen LogP contribution is -2.33. The second-order valence-corrected chi connectivity index (χ2v) is 9.86. The molecule has 1 aliphatic carbocycles. The van der Waals surface area contributed by atoms with Gasteiger partial charge in [-0.3, -0.25) is 4.79 Å². The van der Waals surface area contributed by atoms with E-state index in [1.807, 2.05) is 78.7 Å². The molecule has 38 heavy (non-hydrogen) atoms. The van der Waals surface area contributed by atoms with Crippen LogP contribution in [0.4, 0.5) is 21.9 Å². The van der Waals surface area contributed by atoms with Crippen molar-refractivity contribution in [2.75, 3.05) is 29.1 Å². The zero-order valence-corrected chi connectivity index (χ0v) is 21.7. The molecule has 1 aliphatic heterocycles. The Labute approximate surface area is 224 Å². The maximum Gasteiger partial charge on any atom is 0.323 e. The van der Waals surface area contributed by atoms with Gasteiger partial charge in [0.05, 0.1) is 0 Å². The average Bonchev–Trinajstić information content (AvgIpc) is 3.45. The molecule has 7 nitrogen and oxygen atoms in total. The van der Waals surface area contributed by atoms with Gasteiger partial charge in [-0.1, -0.05) is 37.5 Å². The zero-order chi connectivity index (χ0) is 26.3. The van der Waals surface area contributed by atoms with Crippen LogP contribution < -0.4 is 20.3 Å². The van der Waals surface area contributed by atoms with Crippen molar-refractivity contribution in [2.24, 2.45) is 5.92 Å². The summed E-state index contributed by atoms with van der Waals surface area (Å²) in [6.07, 6.45) is 8.49. The lowest BCUT2D eigenvalue weighted by Gasteiger charge is -2.26. The van der Waals surface area contributed by atoms with Crippen molar-refractivity contribution < 1.29 is 14.3 Å². The second kappa shape index (κ2) is 11.9. The molecule has 0 atom stereocenters. The molecular weight excluding hydrogens is 476 g/mol. The molecule has 0 radical (unpaired) electrons. The van der Waals surface area contributed by atoms with Crippen LogP contribution in [-0.4, -0.2) is 30.4 Å². The van der Waals surface area contributed by atoms with Crippen molar-refractivity contribution >= 4 is 29.0 Å². The van der Waals surface area contributed by atoms with Gasteiger partial charge in [0.2, 0.25) is 5.91 Å². The summed E-state index contributed by atoms with van der Waals surface area (Å²) in [6, 6.07) is 24.2. The Bertz CT molecular complexity index is 1270. The van der Waals surface area contributed by atoms with Gasteiger partial charge in [0.15, 0.2) is 0 Å². The maximum atomic E-state index is 12.9. The molecule has 3 aromatic carbocycles. The van der Waals surface area contributed by atoms with Crippen LogP contribution in [0.1, 0.15) is 38.5 Å². The first-order valence-electron chi connectivity index (χ1n) is 13.3. The molecule has 3 amide bonds. The van der Waals surface area contributed by atoms with Gasteiger partial charge in [-0.05, 0) is 73.5 Å². The van der Waals surface area contributed by atoms with Gasteiger partial charge in [0.1, 0.15) is 11.5 Å². The smallest absolute Gasteiger partial charge is 0.323 e. The Morgan fingerprint density at radius 2 is 1.42 bits per heavy atom. The van der Waals surface area contributed by atoms with Crippen LogP contribution in [0, 0.1) is 5.92 Å². The summed E-state index contributed by atoms with van der Waals surface area (Å²) in [5.41, 5.74) is 3.45. The predicted octanol–water partition coefficient (Wildman–Crippen LogP) is 7.21. The molecule has 5 rings (SSSR count). The monoisotopic (exact) mass is 510 g/mol. The first kappa shape index (κ1) is 25.4. The van der Waals surface area contributed by atoms with Crippen LogP contribution >= 0.6 is 0 Å². The van der Waals surface area contributed by atoms with Crippen LogP contribution in [0.25, 0.3) is 0 Å². The molecule has 0 unspecified atom stereocenters. The summed E-state index contributed by atoms with van der Waals surface area (Å²) >= 11 is 0. The number of hydrogen-bond acceptors (Lipinski definition) is 4. The SMILES string of the molecule is CN(C(=O)C1CCCCC1)C1=CN(c2ccc(NC(=O)Nc3ccc(Oc4ccccc4)cc3)cc2)CC1. The van der Waals surface area contributed by atoms with E-state index in [-0.39, 0.29) is 17.9 Å². The molecule has 0 saturated heterocycles. The highest BCUT2D eigenvalue weighted by Crippen LogP contribution is 2.30. The lowest BCUT2D eigenvalue weighted by atomic mass is 9.88. The normalized spacial score (nSPS) is 15.5. The number of nitrogens with one attached hydrogen (secondary N) is 2. The molecule has 0 bridgehead atoms. The minimum Gasteiger partial charge on any atom is -0.457 e. The minimum absolute atomic E-state index is 0.167. The quantitative estimate of drug-likeness (QED) is 0.352. The van der Waals surface area contributed by atoms with Crippen molar-refractivity contribution in [3.63, 3.8) is 0 Å². The fourth-order valence-electron chi connectivity index (χ4n) is 5.03. The van der Waals surface area contributed by atoms with Crippen LogP contribution in [-0.2, 0) is 4.79 Å². The Morgan fingerprint density at radius 3 is 2.08 bits per heavy atom. The average molecular weight is 511 g/mol. The maximum absolute atomic E-state index is 12.9. The van der Waals surface area contributed by atoms with Crippen LogP contribution in [0.2, 0.25) is 0 Å². The molecule has 1 fully saturated rings. The van der Waals surface area contributed by atoms with Crippen LogP contribution in [0.5, 0.6) is 11.5 Å². The molecule has 7 heteroatoms. The number of hydrogen-bond donors (Lipinski definition) is 2. The van der Waals surface area contributed by atoms with Crippen molar-refractivity contribution in [1.82, 2.24) is 4.90 Å². The number of amides is 3. The van der Waals surface area contributed by atoms with Crippen LogP contribution in [0.3, 0.4) is 0 Å². The first-order valence-corrected chi connectivity index (χ1v) is 13.3. The molecule has 1 saturated carbocycles. The number of anilines is 3. The zero-order valence-electron chi connectivity index (χ0n) is 21.7. The van der Waals surface area contributed by atoms with Gasteiger partial charge in [-0.25, -0.2) is 4.79 Å². The van der Waals surface area contributed by atoms with Gasteiger partial charge in [-0.2, -0.15) is 0 Å². The number of rotatable bonds is 7. The predicted molar refractivity (Wildman–Crippen MR) is 151 cm³/mol. The van der Waals surface area contributed by atoms with Crippen molar-refractivity contribution in [2.45, 2.75) is 38.5 Å². The fraction of sp³-hybridized carbons (Fsp3) is 0.290. The summed E-state index contributed by atoms with van der Waals surface area (Å²) in [5.74, 6) is 1.87. The standard InChI is InChI=1S/C31H34N4O3/c1-34(30(36)23-8-4-2-5-9-23)27-20-21-35(22-27)26-16-12-24(13-17-26)32-31(37)33-25-14-18-29(19-15-25)38-28-10-6-3-7-11-28/h3,6-7,10-19,22-23H,2,4-5,8-9,20-21H2,1H3,(H2,32,33,37). The van der Waals surface area contributed by atoms with Gasteiger partial charge in [-0.15, -0.1) is 0 Å². The van der Waals surface area contributed by atoms with Crippen molar-refractivity contribution in [1.29, 1.82) is 0 Å². The summed E-state index contributed by atoms with van der Waals surface area (Å²) in [5, 5.41) is 5.72. The Hall–Kier alpha value is -4.26. The van der Waals surface area contributed by atoms with E-state index < -0.39 is 0 Å².